The molecule has 0 saturated carbocycles. The maximum Gasteiger partial charge on any atom is 0.406 e. The van der Waals surface area contributed by atoms with E-state index in [4.69, 9.17) is 5.39 Å². The summed E-state index contributed by atoms with van der Waals surface area (Å²) in [5, 5.41) is 19.3. The second-order valence-corrected chi connectivity index (χ2v) is 4.55. The summed E-state index contributed by atoms with van der Waals surface area (Å²) >= 11 is 0. The van der Waals surface area contributed by atoms with Crippen LogP contribution in [-0.4, -0.2) is 5.11 Å². The average Bonchev–Trinajstić information content (AvgIpc) is 2.58. The first-order valence-electron chi connectivity index (χ1n) is 6.81. The van der Waals surface area contributed by atoms with Crippen molar-refractivity contribution in [1.82, 2.24) is 0 Å². The van der Waals surface area contributed by atoms with E-state index >= 15 is 0 Å². The van der Waals surface area contributed by atoms with Crippen LogP contribution in [0.1, 0.15) is 23.1 Å². The minimum absolute atomic E-state index is 0.0969. The Morgan fingerprint density at radius 3 is 2.45 bits per heavy atom. The lowest BCUT2D eigenvalue weighted by atomic mass is 10.0. The molecule has 2 rings (SSSR count). The van der Waals surface area contributed by atoms with Crippen LogP contribution in [-0.2, 0) is 0 Å². The molecule has 0 aliphatic rings. The van der Waals surface area contributed by atoms with Crippen LogP contribution in [0, 0.1) is 17.2 Å². The third-order valence-electron chi connectivity index (χ3n) is 3.03. The van der Waals surface area contributed by atoms with Crippen LogP contribution in [0.5, 0.6) is 0 Å². The maximum absolute atomic E-state index is 10.3. The molecule has 0 unspecified atom stereocenters. The highest BCUT2D eigenvalue weighted by Crippen LogP contribution is 2.22. The number of diazo groups is 1. The summed E-state index contributed by atoms with van der Waals surface area (Å²) in [6.45, 7) is 3.58. The molecule has 0 heterocycles. The van der Waals surface area contributed by atoms with Crippen molar-refractivity contribution in [3.05, 3.63) is 94.6 Å². The van der Waals surface area contributed by atoms with Gasteiger partial charge in [0.25, 0.3) is 0 Å². The standard InChI is InChI=1S/C19H14N2O/c1-2-8-18(21-20)19(22)17-12-7-6-11-16(17)14-13-15-9-4-3-5-10-15/h2-7,9-12H,1,8H2/p+1/b19-18+. The number of hydrogen-bond acceptors (Lipinski definition) is 2. The molecule has 0 aliphatic heterocycles. The Morgan fingerprint density at radius 2 is 1.77 bits per heavy atom. The van der Waals surface area contributed by atoms with Gasteiger partial charge in [-0.05, 0) is 24.3 Å². The van der Waals surface area contributed by atoms with Gasteiger partial charge in [-0.3, -0.25) is 0 Å². The fourth-order valence-corrected chi connectivity index (χ4v) is 1.94. The van der Waals surface area contributed by atoms with Crippen molar-refractivity contribution < 1.29 is 5.11 Å². The van der Waals surface area contributed by atoms with Gasteiger partial charge >= 0.3 is 5.70 Å². The first kappa shape index (κ1) is 15.1. The Hall–Kier alpha value is -3.30. The fraction of sp³-hybridized carbons (Fsp3) is 0.0526. The van der Waals surface area contributed by atoms with Gasteiger partial charge < -0.3 is 5.11 Å². The lowest BCUT2D eigenvalue weighted by Crippen LogP contribution is -1.92. The molecule has 0 bridgehead atoms. The van der Waals surface area contributed by atoms with Crippen LogP contribution in [0.25, 0.3) is 10.7 Å². The van der Waals surface area contributed by atoms with Crippen molar-refractivity contribution in [2.45, 2.75) is 6.42 Å². The molecular formula is C19H15N2O+. The first-order valence-corrected chi connectivity index (χ1v) is 6.81. The van der Waals surface area contributed by atoms with Crippen molar-refractivity contribution in [2.75, 3.05) is 0 Å². The second-order valence-electron chi connectivity index (χ2n) is 4.55. The molecule has 0 aliphatic carbocycles. The van der Waals surface area contributed by atoms with Gasteiger partial charge in [0.2, 0.25) is 11.2 Å². The molecule has 0 atom stereocenters. The lowest BCUT2D eigenvalue weighted by Gasteiger charge is -2.01. The molecule has 0 saturated heterocycles. The quantitative estimate of drug-likeness (QED) is 0.383. The maximum atomic E-state index is 10.3. The molecule has 3 nitrogen and oxygen atoms in total. The molecule has 0 spiro atoms. The summed E-state index contributed by atoms with van der Waals surface area (Å²) in [6.07, 6.45) is 1.83. The fourth-order valence-electron chi connectivity index (χ4n) is 1.94. The van der Waals surface area contributed by atoms with E-state index in [1.807, 2.05) is 42.5 Å². The number of hydrogen-bond donors (Lipinski definition) is 1. The van der Waals surface area contributed by atoms with Crippen molar-refractivity contribution in [1.29, 1.82) is 5.39 Å². The summed E-state index contributed by atoms with van der Waals surface area (Å²) in [5.41, 5.74) is 2.23. The number of allylic oxidation sites excluding steroid dienone is 1. The molecule has 2 aromatic carbocycles. The van der Waals surface area contributed by atoms with Crippen LogP contribution < -0.4 is 0 Å². The molecular weight excluding hydrogens is 272 g/mol. The molecule has 22 heavy (non-hydrogen) atoms. The van der Waals surface area contributed by atoms with E-state index in [0.717, 1.165) is 5.56 Å². The van der Waals surface area contributed by atoms with E-state index in [-0.39, 0.29) is 17.9 Å². The minimum atomic E-state index is -0.0969. The van der Waals surface area contributed by atoms with Crippen molar-refractivity contribution in [3.8, 4) is 11.8 Å². The van der Waals surface area contributed by atoms with Crippen molar-refractivity contribution in [2.24, 2.45) is 0 Å². The zero-order valence-electron chi connectivity index (χ0n) is 12.0. The highest BCUT2D eigenvalue weighted by atomic mass is 16.3. The van der Waals surface area contributed by atoms with Crippen LogP contribution in [0.2, 0.25) is 0 Å². The zero-order chi connectivity index (χ0) is 15.8. The SMILES string of the molecule is C=CC/C([N+]#N)=C(\O)c1ccccc1C#Cc1ccccc1. The van der Waals surface area contributed by atoms with Crippen molar-refractivity contribution >= 4 is 5.76 Å². The van der Waals surface area contributed by atoms with Crippen LogP contribution in [0.4, 0.5) is 0 Å². The highest BCUT2D eigenvalue weighted by Gasteiger charge is 2.20. The number of aliphatic hydroxyl groups is 1. The lowest BCUT2D eigenvalue weighted by molar-refractivity contribution is 0.506. The van der Waals surface area contributed by atoms with Gasteiger partial charge in [-0.1, -0.05) is 48.2 Å². The Kier molecular flexibility index (Phi) is 5.13. The first-order chi connectivity index (χ1) is 10.8. The molecule has 1 N–H and O–H groups in total. The van der Waals surface area contributed by atoms with E-state index in [1.165, 1.54) is 0 Å². The van der Waals surface area contributed by atoms with E-state index < -0.39 is 0 Å². The normalized spacial score (nSPS) is 10.7. The van der Waals surface area contributed by atoms with E-state index in [1.54, 1.807) is 18.2 Å². The average molecular weight is 287 g/mol. The Labute approximate surface area is 129 Å². The molecule has 0 fully saturated rings. The van der Waals surface area contributed by atoms with Gasteiger partial charge in [0, 0.05) is 16.7 Å². The predicted molar refractivity (Wildman–Crippen MR) is 88.3 cm³/mol. The summed E-state index contributed by atoms with van der Waals surface area (Å²) in [4.78, 5) is 3.12. The van der Waals surface area contributed by atoms with E-state index in [9.17, 15) is 5.11 Å². The van der Waals surface area contributed by atoms with Gasteiger partial charge in [-0.25, -0.2) is 0 Å². The summed E-state index contributed by atoms with van der Waals surface area (Å²) in [6, 6.07) is 16.8. The molecule has 3 heteroatoms. The van der Waals surface area contributed by atoms with E-state index in [0.29, 0.717) is 11.1 Å². The Morgan fingerprint density at radius 1 is 1.09 bits per heavy atom. The van der Waals surface area contributed by atoms with E-state index in [2.05, 4.69) is 23.4 Å². The monoisotopic (exact) mass is 287 g/mol. The molecule has 0 aromatic heterocycles. The van der Waals surface area contributed by atoms with Gasteiger partial charge in [-0.15, -0.1) is 6.58 Å². The molecule has 106 valence electrons. The Bertz CT molecular complexity index is 803. The van der Waals surface area contributed by atoms with Gasteiger partial charge in [0.15, 0.2) is 4.98 Å². The topological polar surface area (TPSA) is 48.4 Å². The molecule has 2 aromatic rings. The second kappa shape index (κ2) is 7.47. The highest BCUT2D eigenvalue weighted by molar-refractivity contribution is 5.69. The number of rotatable bonds is 3. The van der Waals surface area contributed by atoms with Crippen LogP contribution >= 0.6 is 0 Å². The number of aliphatic hydroxyl groups excluding tert-OH is 1. The molecule has 0 amide bonds. The Balaban J connectivity index is 2.47. The smallest absolute Gasteiger partial charge is 0.406 e. The van der Waals surface area contributed by atoms with Crippen LogP contribution in [0.3, 0.4) is 0 Å². The van der Waals surface area contributed by atoms with Gasteiger partial charge in [-0.2, -0.15) is 0 Å². The predicted octanol–water partition coefficient (Wildman–Crippen LogP) is 4.74. The summed E-state index contributed by atoms with van der Waals surface area (Å²) < 4.78 is 0. The number of benzene rings is 2. The van der Waals surface area contributed by atoms with Crippen LogP contribution in [0.15, 0.2) is 72.9 Å². The van der Waals surface area contributed by atoms with Gasteiger partial charge in [0.05, 0.1) is 6.42 Å². The summed E-state index contributed by atoms with van der Waals surface area (Å²) in [7, 11) is 0. The molecule has 0 radical (unpaired) electrons. The van der Waals surface area contributed by atoms with Crippen molar-refractivity contribution in [3.63, 3.8) is 0 Å². The zero-order valence-corrected chi connectivity index (χ0v) is 12.0. The van der Waals surface area contributed by atoms with Gasteiger partial charge in [0.1, 0.15) is 0 Å². The third kappa shape index (κ3) is 3.62. The number of nitrogens with zero attached hydrogens (tertiary/aromatic N) is 2. The minimum Gasteiger partial charge on any atom is -0.501 e. The largest absolute Gasteiger partial charge is 0.501 e. The third-order valence-corrected chi connectivity index (χ3v) is 3.03. The summed E-state index contributed by atoms with van der Waals surface area (Å²) in [5.74, 6) is 5.99.